The first kappa shape index (κ1) is 34.4. The molecule has 0 radical (unpaired) electrons. The standard InChI is InChI=1S/C60H46/c1-2-12-43(13-3-1)48-14-4-5-16-51(48)59-54-19-8-6-17-52(54)58(53-18-7-9-20-55(53)59)44-28-26-41(27-29-44)40-22-24-42(25-23-40)45-30-31-50-49-15-10-11-21-56(49)60(57(50)37-45)46-33-38-32-39(35-46)36-47(60)34-38/h1-31,37-39,46-47H,32-36H2. The number of benzene rings is 9. The lowest BCUT2D eigenvalue weighted by Gasteiger charge is -2.61. The van der Waals surface area contributed by atoms with Gasteiger partial charge in [0.2, 0.25) is 0 Å². The smallest absolute Gasteiger partial charge is 0.0272 e. The van der Waals surface area contributed by atoms with E-state index >= 15 is 0 Å². The summed E-state index contributed by atoms with van der Waals surface area (Å²) >= 11 is 0. The van der Waals surface area contributed by atoms with Crippen LogP contribution in [-0.2, 0) is 5.41 Å². The first-order chi connectivity index (χ1) is 29.7. The van der Waals surface area contributed by atoms with Crippen molar-refractivity contribution in [2.75, 3.05) is 0 Å². The lowest BCUT2D eigenvalue weighted by Crippen LogP contribution is -2.55. The lowest BCUT2D eigenvalue weighted by molar-refractivity contribution is -0.0399. The topological polar surface area (TPSA) is 0 Å². The van der Waals surface area contributed by atoms with Crippen molar-refractivity contribution < 1.29 is 0 Å². The first-order valence-electron chi connectivity index (χ1n) is 22.3. The molecule has 4 fully saturated rings. The molecule has 0 amide bonds. The van der Waals surface area contributed by atoms with Crippen molar-refractivity contribution in [3.63, 3.8) is 0 Å². The third kappa shape index (κ3) is 4.97. The second-order valence-corrected chi connectivity index (χ2v) is 18.4. The maximum absolute atomic E-state index is 2.61. The number of hydrogen-bond donors (Lipinski definition) is 0. The van der Waals surface area contributed by atoms with Crippen LogP contribution in [-0.4, -0.2) is 0 Å². The predicted molar refractivity (Wildman–Crippen MR) is 252 cm³/mol. The van der Waals surface area contributed by atoms with Crippen molar-refractivity contribution >= 4 is 21.5 Å². The molecule has 9 aromatic rings. The molecule has 0 heteroatoms. The summed E-state index contributed by atoms with van der Waals surface area (Å²) in [5.74, 6) is 3.46. The van der Waals surface area contributed by atoms with Crippen molar-refractivity contribution in [3.8, 4) is 66.8 Å². The highest BCUT2D eigenvalue weighted by Crippen LogP contribution is 2.69. The summed E-state index contributed by atoms with van der Waals surface area (Å²) < 4.78 is 0. The molecule has 0 heterocycles. The van der Waals surface area contributed by atoms with Gasteiger partial charge in [-0.1, -0.05) is 188 Å². The predicted octanol–water partition coefficient (Wildman–Crippen LogP) is 16.1. The fourth-order valence-corrected chi connectivity index (χ4v) is 13.3. The molecule has 0 nitrogen and oxygen atoms in total. The van der Waals surface area contributed by atoms with Gasteiger partial charge in [0, 0.05) is 5.41 Å². The molecule has 4 bridgehead atoms. The van der Waals surface area contributed by atoms with Gasteiger partial charge < -0.3 is 0 Å². The Morgan fingerprint density at radius 3 is 1.32 bits per heavy atom. The summed E-state index contributed by atoms with van der Waals surface area (Å²) in [6, 6.07) is 73.2. The molecule has 5 aliphatic rings. The first-order valence-corrected chi connectivity index (χ1v) is 22.3. The average Bonchev–Trinajstić information content (AvgIpc) is 3.60. The van der Waals surface area contributed by atoms with Gasteiger partial charge in [0.1, 0.15) is 0 Å². The maximum Gasteiger partial charge on any atom is 0.0272 e. The molecule has 5 aliphatic carbocycles. The van der Waals surface area contributed by atoms with Gasteiger partial charge in [-0.05, 0) is 161 Å². The average molecular weight is 767 g/mol. The van der Waals surface area contributed by atoms with Crippen molar-refractivity contribution in [1.82, 2.24) is 0 Å². The van der Waals surface area contributed by atoms with Crippen LogP contribution < -0.4 is 0 Å². The zero-order valence-electron chi connectivity index (χ0n) is 33.8. The Hall–Kier alpha value is -6.50. The van der Waals surface area contributed by atoms with Crippen molar-refractivity contribution in [1.29, 1.82) is 0 Å². The minimum Gasteiger partial charge on any atom is -0.0622 e. The van der Waals surface area contributed by atoms with E-state index in [1.165, 1.54) is 120 Å². The second kappa shape index (κ2) is 13.3. The van der Waals surface area contributed by atoms with Gasteiger partial charge in [0.05, 0.1) is 0 Å². The Kier molecular flexibility index (Phi) is 7.59. The summed E-state index contributed by atoms with van der Waals surface area (Å²) in [7, 11) is 0. The van der Waals surface area contributed by atoms with Crippen LogP contribution in [0.15, 0.2) is 194 Å². The highest BCUT2D eigenvalue weighted by Gasteiger charge is 2.61. The molecule has 60 heavy (non-hydrogen) atoms. The van der Waals surface area contributed by atoms with Gasteiger partial charge in [-0.2, -0.15) is 0 Å². The number of hydrogen-bond acceptors (Lipinski definition) is 0. The summed E-state index contributed by atoms with van der Waals surface area (Å²) in [5.41, 5.74) is 19.2. The van der Waals surface area contributed by atoms with E-state index in [0.717, 1.165) is 23.7 Å². The molecular formula is C60H46. The number of rotatable bonds is 5. The third-order valence-electron chi connectivity index (χ3n) is 15.5. The van der Waals surface area contributed by atoms with E-state index in [1.807, 2.05) is 0 Å². The Morgan fingerprint density at radius 2 is 0.717 bits per heavy atom. The quantitative estimate of drug-likeness (QED) is 0.153. The molecule has 0 N–H and O–H groups in total. The highest BCUT2D eigenvalue weighted by atomic mass is 14.6. The zero-order valence-corrected chi connectivity index (χ0v) is 33.8. The van der Waals surface area contributed by atoms with E-state index in [1.54, 1.807) is 11.1 Å². The third-order valence-corrected chi connectivity index (χ3v) is 15.5. The molecule has 9 aromatic carbocycles. The van der Waals surface area contributed by atoms with E-state index in [4.69, 9.17) is 0 Å². The fourth-order valence-electron chi connectivity index (χ4n) is 13.3. The van der Waals surface area contributed by atoms with Crippen LogP contribution in [0.1, 0.15) is 43.2 Å². The maximum atomic E-state index is 2.61. The number of fused-ring (bicyclic) bond motifs is 5. The molecule has 0 unspecified atom stereocenters. The van der Waals surface area contributed by atoms with Gasteiger partial charge in [-0.15, -0.1) is 0 Å². The van der Waals surface area contributed by atoms with E-state index < -0.39 is 0 Å². The van der Waals surface area contributed by atoms with Crippen LogP contribution in [0.2, 0.25) is 0 Å². The minimum atomic E-state index is 0.195. The molecule has 0 saturated heterocycles. The van der Waals surface area contributed by atoms with E-state index in [-0.39, 0.29) is 5.41 Å². The molecule has 1 spiro atoms. The van der Waals surface area contributed by atoms with Crippen LogP contribution in [0.5, 0.6) is 0 Å². The molecule has 286 valence electrons. The molecular weight excluding hydrogens is 721 g/mol. The molecule has 0 aliphatic heterocycles. The largest absolute Gasteiger partial charge is 0.0622 e. The monoisotopic (exact) mass is 766 g/mol. The molecule has 0 aromatic heterocycles. The molecule has 14 rings (SSSR count). The minimum absolute atomic E-state index is 0.195. The normalized spacial score (nSPS) is 22.1. The van der Waals surface area contributed by atoms with Crippen LogP contribution in [0.3, 0.4) is 0 Å². The fraction of sp³-hybridized carbons (Fsp3) is 0.167. The molecule has 0 atom stereocenters. The van der Waals surface area contributed by atoms with Crippen LogP contribution in [0, 0.1) is 23.7 Å². The van der Waals surface area contributed by atoms with Crippen LogP contribution in [0.25, 0.3) is 88.3 Å². The lowest BCUT2D eigenvalue weighted by atomic mass is 9.43. The SMILES string of the molecule is c1ccc(-c2ccccc2-c2c3ccccc3c(-c3ccc(-c4ccc(-c5ccc6c(c5)C5(c7ccccc7-6)C6CC7CC(C6)CC5C7)cc4)cc3)c3ccccc23)cc1. The van der Waals surface area contributed by atoms with Crippen molar-refractivity contribution in [2.24, 2.45) is 23.7 Å². The van der Waals surface area contributed by atoms with Crippen molar-refractivity contribution in [3.05, 3.63) is 205 Å². The van der Waals surface area contributed by atoms with Gasteiger partial charge in [0.25, 0.3) is 0 Å². The Bertz CT molecular complexity index is 3040. The summed E-state index contributed by atoms with van der Waals surface area (Å²) in [5, 5.41) is 5.11. The van der Waals surface area contributed by atoms with E-state index in [9.17, 15) is 0 Å². The van der Waals surface area contributed by atoms with E-state index in [0.29, 0.717) is 0 Å². The summed E-state index contributed by atoms with van der Waals surface area (Å²) in [6.45, 7) is 0. The summed E-state index contributed by atoms with van der Waals surface area (Å²) in [4.78, 5) is 0. The Morgan fingerprint density at radius 1 is 0.283 bits per heavy atom. The summed E-state index contributed by atoms with van der Waals surface area (Å²) in [6.07, 6.45) is 7.15. The van der Waals surface area contributed by atoms with Gasteiger partial charge in [-0.25, -0.2) is 0 Å². The highest BCUT2D eigenvalue weighted by molar-refractivity contribution is 6.22. The second-order valence-electron chi connectivity index (χ2n) is 18.4. The van der Waals surface area contributed by atoms with Gasteiger partial charge in [-0.3, -0.25) is 0 Å². The molecule has 4 saturated carbocycles. The Labute approximate surface area is 353 Å². The Balaban J connectivity index is 0.863. The van der Waals surface area contributed by atoms with Crippen molar-refractivity contribution in [2.45, 2.75) is 37.5 Å². The van der Waals surface area contributed by atoms with Gasteiger partial charge >= 0.3 is 0 Å². The van der Waals surface area contributed by atoms with Crippen LogP contribution in [0.4, 0.5) is 0 Å². The van der Waals surface area contributed by atoms with Gasteiger partial charge in [0.15, 0.2) is 0 Å². The van der Waals surface area contributed by atoms with E-state index in [2.05, 4.69) is 194 Å². The van der Waals surface area contributed by atoms with Crippen LogP contribution >= 0.6 is 0 Å². The zero-order chi connectivity index (χ0) is 39.4.